The number of hydrogen-bond acceptors (Lipinski definition) is 5. The van der Waals surface area contributed by atoms with Gasteiger partial charge in [-0.3, -0.25) is 0 Å². The van der Waals surface area contributed by atoms with Gasteiger partial charge in [0, 0.05) is 11.8 Å². The van der Waals surface area contributed by atoms with E-state index in [-0.39, 0.29) is 12.2 Å². The molecule has 3 aromatic rings. The number of aromatic nitrogens is 1. The van der Waals surface area contributed by atoms with Gasteiger partial charge in [-0.25, -0.2) is 9.37 Å². The normalized spacial score (nSPS) is 10.5. The standard InChI is InChI=1S/C15H10FN3O2/c16-12-6-11(3-1-9(12)7-17)20-8-15-19-13-5-10(18)2-4-14(13)21-15/h1-6H,8,18H2. The molecule has 1 heterocycles. The highest BCUT2D eigenvalue weighted by Crippen LogP contribution is 2.21. The third-order valence-corrected chi connectivity index (χ3v) is 2.88. The van der Waals surface area contributed by atoms with Gasteiger partial charge >= 0.3 is 0 Å². The van der Waals surface area contributed by atoms with Crippen LogP contribution >= 0.6 is 0 Å². The second kappa shape index (κ2) is 5.13. The monoisotopic (exact) mass is 283 g/mol. The first kappa shape index (κ1) is 12.9. The fourth-order valence-electron chi connectivity index (χ4n) is 1.88. The lowest BCUT2D eigenvalue weighted by atomic mass is 10.2. The Morgan fingerprint density at radius 2 is 2.14 bits per heavy atom. The predicted molar refractivity (Wildman–Crippen MR) is 73.9 cm³/mol. The van der Waals surface area contributed by atoms with Crippen molar-refractivity contribution in [1.29, 1.82) is 5.26 Å². The quantitative estimate of drug-likeness (QED) is 0.747. The summed E-state index contributed by atoms with van der Waals surface area (Å²) in [7, 11) is 0. The maximum absolute atomic E-state index is 13.4. The topological polar surface area (TPSA) is 85.1 Å². The number of ether oxygens (including phenoxy) is 1. The molecule has 0 spiro atoms. The van der Waals surface area contributed by atoms with Crippen LogP contribution in [0.2, 0.25) is 0 Å². The zero-order valence-electron chi connectivity index (χ0n) is 10.8. The summed E-state index contributed by atoms with van der Waals surface area (Å²) in [5.41, 5.74) is 7.47. The van der Waals surface area contributed by atoms with E-state index in [1.165, 1.54) is 12.1 Å². The number of nitrogens with zero attached hydrogens (tertiary/aromatic N) is 2. The van der Waals surface area contributed by atoms with Gasteiger partial charge in [-0.05, 0) is 30.3 Å². The highest BCUT2D eigenvalue weighted by Gasteiger charge is 2.08. The van der Waals surface area contributed by atoms with Crippen LogP contribution in [0, 0.1) is 17.1 Å². The van der Waals surface area contributed by atoms with Crippen LogP contribution in [0.15, 0.2) is 40.8 Å². The van der Waals surface area contributed by atoms with E-state index in [2.05, 4.69) is 4.98 Å². The molecular weight excluding hydrogens is 273 g/mol. The smallest absolute Gasteiger partial charge is 0.233 e. The van der Waals surface area contributed by atoms with Crippen molar-refractivity contribution >= 4 is 16.8 Å². The molecule has 1 aromatic heterocycles. The van der Waals surface area contributed by atoms with Crippen molar-refractivity contribution in [2.45, 2.75) is 6.61 Å². The summed E-state index contributed by atoms with van der Waals surface area (Å²) >= 11 is 0. The van der Waals surface area contributed by atoms with E-state index in [9.17, 15) is 4.39 Å². The van der Waals surface area contributed by atoms with Crippen molar-refractivity contribution in [2.24, 2.45) is 0 Å². The van der Waals surface area contributed by atoms with Crippen molar-refractivity contribution in [3.05, 3.63) is 53.7 Å². The molecule has 0 saturated carbocycles. The minimum absolute atomic E-state index is 0.0281. The van der Waals surface area contributed by atoms with Crippen LogP contribution in [0.3, 0.4) is 0 Å². The summed E-state index contributed by atoms with van der Waals surface area (Å²) in [4.78, 5) is 4.23. The Bertz CT molecular complexity index is 852. The Balaban J connectivity index is 1.77. The molecule has 6 heteroatoms. The van der Waals surface area contributed by atoms with Gasteiger partial charge in [0.15, 0.2) is 12.2 Å². The summed E-state index contributed by atoms with van der Waals surface area (Å²) in [6, 6.07) is 10.9. The molecule has 21 heavy (non-hydrogen) atoms. The third-order valence-electron chi connectivity index (χ3n) is 2.88. The molecule has 0 aliphatic carbocycles. The lowest BCUT2D eigenvalue weighted by Crippen LogP contribution is -1.96. The zero-order valence-corrected chi connectivity index (χ0v) is 10.8. The van der Waals surface area contributed by atoms with E-state index in [0.717, 1.165) is 6.07 Å². The first-order valence-electron chi connectivity index (χ1n) is 6.13. The molecule has 0 fully saturated rings. The number of nitriles is 1. The van der Waals surface area contributed by atoms with Gasteiger partial charge in [-0.2, -0.15) is 5.26 Å². The molecule has 0 amide bonds. The summed E-state index contributed by atoms with van der Waals surface area (Å²) in [6.07, 6.45) is 0. The van der Waals surface area contributed by atoms with Gasteiger partial charge in [0.05, 0.1) is 5.56 Å². The van der Waals surface area contributed by atoms with Crippen molar-refractivity contribution in [3.8, 4) is 11.8 Å². The summed E-state index contributed by atoms with van der Waals surface area (Å²) in [5.74, 6) is 0.0361. The molecule has 2 aromatic carbocycles. The molecule has 0 unspecified atom stereocenters. The van der Waals surface area contributed by atoms with Gasteiger partial charge in [0.1, 0.15) is 23.2 Å². The molecule has 5 nitrogen and oxygen atoms in total. The number of benzene rings is 2. The summed E-state index contributed by atoms with van der Waals surface area (Å²) < 4.78 is 24.3. The van der Waals surface area contributed by atoms with Crippen LogP contribution in [0.4, 0.5) is 10.1 Å². The van der Waals surface area contributed by atoms with Gasteiger partial charge in [0.2, 0.25) is 5.89 Å². The van der Waals surface area contributed by atoms with E-state index >= 15 is 0 Å². The number of rotatable bonds is 3. The second-order valence-corrected chi connectivity index (χ2v) is 4.38. The first-order valence-corrected chi connectivity index (χ1v) is 6.13. The number of hydrogen-bond donors (Lipinski definition) is 1. The molecule has 2 N–H and O–H groups in total. The highest BCUT2D eigenvalue weighted by atomic mass is 19.1. The molecule has 0 radical (unpaired) electrons. The molecule has 0 aliphatic rings. The first-order chi connectivity index (χ1) is 10.2. The van der Waals surface area contributed by atoms with E-state index in [1.54, 1.807) is 24.3 Å². The Kier molecular flexibility index (Phi) is 3.16. The van der Waals surface area contributed by atoms with E-state index < -0.39 is 5.82 Å². The molecule has 0 saturated heterocycles. The molecule has 0 aliphatic heterocycles. The maximum Gasteiger partial charge on any atom is 0.233 e. The van der Waals surface area contributed by atoms with Crippen LogP contribution in [0.5, 0.6) is 5.75 Å². The highest BCUT2D eigenvalue weighted by molar-refractivity contribution is 5.76. The summed E-state index contributed by atoms with van der Waals surface area (Å²) in [6.45, 7) is 0.0555. The van der Waals surface area contributed by atoms with Crippen LogP contribution in [0.1, 0.15) is 11.5 Å². The van der Waals surface area contributed by atoms with Crippen molar-refractivity contribution < 1.29 is 13.5 Å². The van der Waals surface area contributed by atoms with Crippen molar-refractivity contribution in [2.75, 3.05) is 5.73 Å². The van der Waals surface area contributed by atoms with Gasteiger partial charge < -0.3 is 14.9 Å². The van der Waals surface area contributed by atoms with E-state index in [1.807, 2.05) is 0 Å². The van der Waals surface area contributed by atoms with Crippen LogP contribution in [0.25, 0.3) is 11.1 Å². The van der Waals surface area contributed by atoms with Crippen LogP contribution in [-0.4, -0.2) is 4.98 Å². The number of nitrogen functional groups attached to an aromatic ring is 1. The van der Waals surface area contributed by atoms with Crippen molar-refractivity contribution in [3.63, 3.8) is 0 Å². The lowest BCUT2D eigenvalue weighted by molar-refractivity contribution is 0.266. The maximum atomic E-state index is 13.4. The van der Waals surface area contributed by atoms with Gasteiger partial charge in [-0.15, -0.1) is 0 Å². The summed E-state index contributed by atoms with van der Waals surface area (Å²) in [5, 5.41) is 8.65. The third kappa shape index (κ3) is 2.62. The fraction of sp³-hybridized carbons (Fsp3) is 0.0667. The van der Waals surface area contributed by atoms with E-state index in [0.29, 0.717) is 28.4 Å². The Morgan fingerprint density at radius 1 is 1.29 bits per heavy atom. The van der Waals surface area contributed by atoms with Crippen LogP contribution in [-0.2, 0) is 6.61 Å². The number of anilines is 1. The SMILES string of the molecule is N#Cc1ccc(OCc2nc3cc(N)ccc3o2)cc1F. The Morgan fingerprint density at radius 3 is 2.90 bits per heavy atom. The predicted octanol–water partition coefficient (Wildman–Crippen LogP) is 3.00. The van der Waals surface area contributed by atoms with Gasteiger partial charge in [0.25, 0.3) is 0 Å². The Labute approximate surface area is 119 Å². The van der Waals surface area contributed by atoms with Gasteiger partial charge in [-0.1, -0.05) is 0 Å². The largest absolute Gasteiger partial charge is 0.484 e. The molecule has 3 rings (SSSR count). The number of nitrogens with two attached hydrogens (primary N) is 1. The number of halogens is 1. The number of oxazole rings is 1. The Hall–Kier alpha value is -3.07. The van der Waals surface area contributed by atoms with Crippen molar-refractivity contribution in [1.82, 2.24) is 4.98 Å². The second-order valence-electron chi connectivity index (χ2n) is 4.38. The van der Waals surface area contributed by atoms with Crippen LogP contribution < -0.4 is 10.5 Å². The molecular formula is C15H10FN3O2. The lowest BCUT2D eigenvalue weighted by Gasteiger charge is -2.03. The number of fused-ring (bicyclic) bond motifs is 1. The zero-order chi connectivity index (χ0) is 14.8. The average Bonchev–Trinajstić information content (AvgIpc) is 2.87. The van der Waals surface area contributed by atoms with E-state index in [4.69, 9.17) is 20.1 Å². The fourth-order valence-corrected chi connectivity index (χ4v) is 1.88. The average molecular weight is 283 g/mol. The minimum atomic E-state index is -0.625. The molecule has 0 bridgehead atoms. The minimum Gasteiger partial charge on any atom is -0.484 e. The molecule has 0 atom stereocenters. The molecule has 104 valence electrons.